The number of anilines is 2. The second kappa shape index (κ2) is 8.93. The topological polar surface area (TPSA) is 88.2 Å². The van der Waals surface area contributed by atoms with Gasteiger partial charge in [-0.15, -0.1) is 0 Å². The summed E-state index contributed by atoms with van der Waals surface area (Å²) in [7, 11) is 0. The fourth-order valence-corrected chi connectivity index (χ4v) is 2.71. The van der Waals surface area contributed by atoms with E-state index in [-0.39, 0.29) is 22.8 Å². The van der Waals surface area contributed by atoms with Crippen LogP contribution in [0.25, 0.3) is 0 Å². The maximum absolute atomic E-state index is 12.5. The van der Waals surface area contributed by atoms with Crippen LogP contribution in [0, 0.1) is 0 Å². The standard InChI is InChI=1S/C23H21N3O3/c1-3-16-4-8-20(9-5-16)25-22(28)18-12-19(14-24-13-18)23(29)26-21-10-6-17(7-11-21)15(2)27/h4-14H,3H2,1-2H3,(H,25,28)(H,26,29). The third-order valence-corrected chi connectivity index (χ3v) is 4.43. The molecule has 2 amide bonds. The minimum Gasteiger partial charge on any atom is -0.322 e. The molecule has 0 saturated carbocycles. The number of amides is 2. The van der Waals surface area contributed by atoms with Gasteiger partial charge in [-0.2, -0.15) is 0 Å². The van der Waals surface area contributed by atoms with Crippen LogP contribution in [0.3, 0.4) is 0 Å². The van der Waals surface area contributed by atoms with Crippen LogP contribution >= 0.6 is 0 Å². The predicted molar refractivity (Wildman–Crippen MR) is 112 cm³/mol. The van der Waals surface area contributed by atoms with Gasteiger partial charge in [-0.3, -0.25) is 19.4 Å². The number of benzene rings is 2. The van der Waals surface area contributed by atoms with Crippen molar-refractivity contribution < 1.29 is 14.4 Å². The average molecular weight is 387 g/mol. The molecule has 0 aliphatic carbocycles. The smallest absolute Gasteiger partial charge is 0.257 e. The van der Waals surface area contributed by atoms with Crippen molar-refractivity contribution in [3.63, 3.8) is 0 Å². The lowest BCUT2D eigenvalue weighted by atomic mass is 10.1. The zero-order valence-electron chi connectivity index (χ0n) is 16.2. The molecule has 6 heteroatoms. The Hall–Kier alpha value is -3.80. The van der Waals surface area contributed by atoms with Gasteiger partial charge < -0.3 is 10.6 Å². The Kier molecular flexibility index (Phi) is 6.14. The number of aryl methyl sites for hydroxylation is 1. The Morgan fingerprint density at radius 1 is 0.759 bits per heavy atom. The zero-order chi connectivity index (χ0) is 20.8. The summed E-state index contributed by atoms with van der Waals surface area (Å²) >= 11 is 0. The summed E-state index contributed by atoms with van der Waals surface area (Å²) in [6.07, 6.45) is 3.73. The highest BCUT2D eigenvalue weighted by Crippen LogP contribution is 2.14. The molecule has 3 aromatic rings. The molecule has 3 rings (SSSR count). The maximum atomic E-state index is 12.5. The van der Waals surface area contributed by atoms with Gasteiger partial charge in [0.1, 0.15) is 0 Å². The average Bonchev–Trinajstić information content (AvgIpc) is 2.74. The SMILES string of the molecule is CCc1ccc(NC(=O)c2cncc(C(=O)Nc3ccc(C(C)=O)cc3)c2)cc1. The monoisotopic (exact) mass is 387 g/mol. The molecule has 0 bridgehead atoms. The lowest BCUT2D eigenvalue weighted by molar-refractivity contribution is 0.101. The number of pyridine rings is 1. The number of nitrogens with zero attached hydrogens (tertiary/aromatic N) is 1. The molecule has 1 aromatic heterocycles. The quantitative estimate of drug-likeness (QED) is 0.616. The Morgan fingerprint density at radius 2 is 1.24 bits per heavy atom. The molecule has 0 saturated heterocycles. The number of Topliss-reactive ketones (excluding diaryl/α,β-unsaturated/α-hetero) is 1. The molecule has 2 N–H and O–H groups in total. The zero-order valence-corrected chi connectivity index (χ0v) is 16.2. The van der Waals surface area contributed by atoms with Crippen molar-refractivity contribution in [2.45, 2.75) is 20.3 Å². The number of nitrogens with one attached hydrogen (secondary N) is 2. The summed E-state index contributed by atoms with van der Waals surface area (Å²) < 4.78 is 0. The Morgan fingerprint density at radius 3 is 1.69 bits per heavy atom. The predicted octanol–water partition coefficient (Wildman–Crippen LogP) is 4.35. The first-order chi connectivity index (χ1) is 14.0. The van der Waals surface area contributed by atoms with Crippen LogP contribution in [0.4, 0.5) is 11.4 Å². The molecule has 0 unspecified atom stereocenters. The molecule has 0 radical (unpaired) electrons. The molecule has 0 spiro atoms. The maximum Gasteiger partial charge on any atom is 0.257 e. The lowest BCUT2D eigenvalue weighted by Gasteiger charge is -2.08. The fourth-order valence-electron chi connectivity index (χ4n) is 2.71. The molecular formula is C23H21N3O3. The van der Waals surface area contributed by atoms with E-state index in [1.807, 2.05) is 24.3 Å². The normalized spacial score (nSPS) is 10.3. The van der Waals surface area contributed by atoms with Crippen LogP contribution in [0.15, 0.2) is 67.0 Å². The minimum atomic E-state index is -0.393. The number of hydrogen-bond donors (Lipinski definition) is 2. The first-order valence-corrected chi connectivity index (χ1v) is 9.24. The Labute approximate surface area is 169 Å². The molecule has 146 valence electrons. The largest absolute Gasteiger partial charge is 0.322 e. The van der Waals surface area contributed by atoms with Crippen molar-refractivity contribution >= 4 is 29.0 Å². The van der Waals surface area contributed by atoms with Crippen molar-refractivity contribution in [3.05, 3.63) is 89.2 Å². The van der Waals surface area contributed by atoms with Gasteiger partial charge in [0.2, 0.25) is 0 Å². The highest BCUT2D eigenvalue weighted by molar-refractivity contribution is 6.08. The highest BCUT2D eigenvalue weighted by Gasteiger charge is 2.12. The summed E-state index contributed by atoms with van der Waals surface area (Å²) in [6.45, 7) is 3.54. The van der Waals surface area contributed by atoms with Gasteiger partial charge in [0.15, 0.2) is 5.78 Å². The number of carbonyl (C=O) groups is 3. The fraction of sp³-hybridized carbons (Fsp3) is 0.130. The van der Waals surface area contributed by atoms with E-state index in [1.165, 1.54) is 30.9 Å². The van der Waals surface area contributed by atoms with Gasteiger partial charge in [0, 0.05) is 29.3 Å². The highest BCUT2D eigenvalue weighted by atomic mass is 16.2. The van der Waals surface area contributed by atoms with Gasteiger partial charge in [-0.25, -0.2) is 0 Å². The molecule has 0 aliphatic rings. The number of hydrogen-bond acceptors (Lipinski definition) is 4. The summed E-state index contributed by atoms with van der Waals surface area (Å²) in [5, 5.41) is 5.53. The summed E-state index contributed by atoms with van der Waals surface area (Å²) in [5.41, 5.74) is 3.51. The minimum absolute atomic E-state index is 0.0462. The van der Waals surface area contributed by atoms with Gasteiger partial charge in [0.25, 0.3) is 11.8 Å². The third kappa shape index (κ3) is 5.13. The molecule has 0 atom stereocenters. The van der Waals surface area contributed by atoms with E-state index in [9.17, 15) is 14.4 Å². The Bertz CT molecular complexity index is 1040. The Balaban J connectivity index is 1.69. The molecule has 29 heavy (non-hydrogen) atoms. The van der Waals surface area contributed by atoms with E-state index in [2.05, 4.69) is 22.5 Å². The van der Waals surface area contributed by atoms with E-state index in [4.69, 9.17) is 0 Å². The lowest BCUT2D eigenvalue weighted by Crippen LogP contribution is -2.16. The van der Waals surface area contributed by atoms with Crippen LogP contribution in [0.5, 0.6) is 0 Å². The van der Waals surface area contributed by atoms with E-state index in [0.717, 1.165) is 6.42 Å². The second-order valence-corrected chi connectivity index (χ2v) is 6.55. The summed E-state index contributed by atoms with van der Waals surface area (Å²) in [4.78, 5) is 40.3. The van der Waals surface area contributed by atoms with Crippen LogP contribution in [-0.4, -0.2) is 22.6 Å². The number of aromatic nitrogens is 1. The molecule has 0 aliphatic heterocycles. The van der Waals surface area contributed by atoms with Crippen molar-refractivity contribution in [2.24, 2.45) is 0 Å². The van der Waals surface area contributed by atoms with Gasteiger partial charge in [-0.05, 0) is 61.4 Å². The van der Waals surface area contributed by atoms with Gasteiger partial charge >= 0.3 is 0 Å². The molecule has 0 fully saturated rings. The molecule has 6 nitrogen and oxygen atoms in total. The van der Waals surface area contributed by atoms with E-state index >= 15 is 0 Å². The second-order valence-electron chi connectivity index (χ2n) is 6.55. The van der Waals surface area contributed by atoms with Gasteiger partial charge in [0.05, 0.1) is 11.1 Å². The van der Waals surface area contributed by atoms with Crippen molar-refractivity contribution in [1.82, 2.24) is 4.98 Å². The van der Waals surface area contributed by atoms with Crippen LogP contribution < -0.4 is 10.6 Å². The van der Waals surface area contributed by atoms with E-state index < -0.39 is 5.91 Å². The van der Waals surface area contributed by atoms with Crippen LogP contribution in [0.1, 0.15) is 50.5 Å². The summed E-state index contributed by atoms with van der Waals surface area (Å²) in [6, 6.07) is 15.7. The van der Waals surface area contributed by atoms with E-state index in [1.54, 1.807) is 24.3 Å². The van der Waals surface area contributed by atoms with Crippen molar-refractivity contribution in [2.75, 3.05) is 10.6 Å². The molecule has 2 aromatic carbocycles. The number of rotatable bonds is 6. The van der Waals surface area contributed by atoms with Crippen molar-refractivity contribution in [1.29, 1.82) is 0 Å². The van der Waals surface area contributed by atoms with Crippen LogP contribution in [-0.2, 0) is 6.42 Å². The molecule has 1 heterocycles. The summed E-state index contributed by atoms with van der Waals surface area (Å²) in [5.74, 6) is -0.785. The van der Waals surface area contributed by atoms with Gasteiger partial charge in [-0.1, -0.05) is 19.1 Å². The van der Waals surface area contributed by atoms with Crippen molar-refractivity contribution in [3.8, 4) is 0 Å². The molecular weight excluding hydrogens is 366 g/mol. The number of ketones is 1. The van der Waals surface area contributed by atoms with Crippen LogP contribution in [0.2, 0.25) is 0 Å². The van der Waals surface area contributed by atoms with E-state index in [0.29, 0.717) is 16.9 Å². The first kappa shape index (κ1) is 19.9. The number of carbonyl (C=O) groups excluding carboxylic acids is 3. The first-order valence-electron chi connectivity index (χ1n) is 9.24. The third-order valence-electron chi connectivity index (χ3n) is 4.43.